The molecule has 94 valence electrons. The Morgan fingerprint density at radius 1 is 1.22 bits per heavy atom. The second kappa shape index (κ2) is 4.29. The van der Waals surface area contributed by atoms with Crippen molar-refractivity contribution in [1.82, 2.24) is 9.78 Å². The maximum Gasteiger partial charge on any atom is 0.434 e. The Morgan fingerprint density at radius 2 is 1.83 bits per heavy atom. The molecule has 0 atom stereocenters. The fourth-order valence-corrected chi connectivity index (χ4v) is 1.61. The first kappa shape index (κ1) is 12.3. The highest BCUT2D eigenvalue weighted by atomic mass is 19.4. The molecule has 2 aromatic rings. The van der Waals surface area contributed by atoms with Gasteiger partial charge in [-0.15, -0.1) is 0 Å². The number of rotatable bonds is 2. The summed E-state index contributed by atoms with van der Waals surface area (Å²) in [5, 5.41) is 3.62. The molecule has 18 heavy (non-hydrogen) atoms. The van der Waals surface area contributed by atoms with E-state index in [9.17, 15) is 18.0 Å². The van der Waals surface area contributed by atoms with Gasteiger partial charge in [-0.1, -0.05) is 17.7 Å². The summed E-state index contributed by atoms with van der Waals surface area (Å²) in [5.74, 6) is 0. The Morgan fingerprint density at radius 3 is 2.33 bits per heavy atom. The summed E-state index contributed by atoms with van der Waals surface area (Å²) in [6.45, 7) is 1.83. The fraction of sp³-hybridized carbons (Fsp3) is 0.167. The third-order valence-electron chi connectivity index (χ3n) is 2.47. The number of carbonyl (C=O) groups is 1. The molecule has 0 aliphatic carbocycles. The van der Waals surface area contributed by atoms with Crippen LogP contribution >= 0.6 is 0 Å². The van der Waals surface area contributed by atoms with Crippen molar-refractivity contribution in [2.45, 2.75) is 13.1 Å². The topological polar surface area (TPSA) is 34.9 Å². The number of nitrogens with zero attached hydrogens (tertiary/aromatic N) is 2. The minimum atomic E-state index is -4.63. The Balaban J connectivity index is 2.61. The molecule has 0 fully saturated rings. The van der Waals surface area contributed by atoms with Gasteiger partial charge in [0.25, 0.3) is 0 Å². The van der Waals surface area contributed by atoms with Crippen LogP contribution < -0.4 is 0 Å². The van der Waals surface area contributed by atoms with Crippen LogP contribution in [0.1, 0.15) is 21.6 Å². The van der Waals surface area contributed by atoms with Crippen molar-refractivity contribution in [3.05, 3.63) is 47.3 Å². The van der Waals surface area contributed by atoms with Crippen molar-refractivity contribution < 1.29 is 18.0 Å². The summed E-state index contributed by atoms with van der Waals surface area (Å²) in [6, 6.07) is 6.40. The van der Waals surface area contributed by atoms with Gasteiger partial charge < -0.3 is 0 Å². The minimum Gasteiger partial charge on any atom is -0.298 e. The van der Waals surface area contributed by atoms with Crippen molar-refractivity contribution in [3.8, 4) is 5.69 Å². The van der Waals surface area contributed by atoms with Gasteiger partial charge in [-0.2, -0.15) is 18.3 Å². The standard InChI is InChI=1S/C12H9F3N2O/c1-8-2-4-10(5-3-8)17-11(12(13,14)15)9(7-18)6-16-17/h2-7H,1H3. The highest BCUT2D eigenvalue weighted by Crippen LogP contribution is 2.32. The lowest BCUT2D eigenvalue weighted by atomic mass is 10.2. The zero-order valence-electron chi connectivity index (χ0n) is 9.40. The molecule has 0 saturated heterocycles. The predicted molar refractivity (Wildman–Crippen MR) is 58.7 cm³/mol. The summed E-state index contributed by atoms with van der Waals surface area (Å²) in [5.41, 5.74) is -0.333. The Labute approximate surface area is 101 Å². The zero-order valence-corrected chi connectivity index (χ0v) is 9.40. The average Bonchev–Trinajstić information content (AvgIpc) is 2.73. The van der Waals surface area contributed by atoms with Crippen LogP contribution in [0.4, 0.5) is 13.2 Å². The van der Waals surface area contributed by atoms with E-state index >= 15 is 0 Å². The first-order valence-electron chi connectivity index (χ1n) is 5.11. The van der Waals surface area contributed by atoms with Gasteiger partial charge in [0.15, 0.2) is 12.0 Å². The molecule has 1 aromatic heterocycles. The fourth-order valence-electron chi connectivity index (χ4n) is 1.61. The van der Waals surface area contributed by atoms with Crippen LogP contribution in [-0.4, -0.2) is 16.1 Å². The lowest BCUT2D eigenvalue weighted by Crippen LogP contribution is -2.15. The van der Waals surface area contributed by atoms with E-state index in [1.165, 1.54) is 12.1 Å². The SMILES string of the molecule is Cc1ccc(-n2ncc(C=O)c2C(F)(F)F)cc1. The molecule has 0 spiro atoms. The highest BCUT2D eigenvalue weighted by Gasteiger charge is 2.38. The lowest BCUT2D eigenvalue weighted by molar-refractivity contribution is -0.143. The maximum atomic E-state index is 12.9. The first-order valence-corrected chi connectivity index (χ1v) is 5.11. The van der Waals surface area contributed by atoms with Crippen molar-refractivity contribution in [2.24, 2.45) is 0 Å². The smallest absolute Gasteiger partial charge is 0.298 e. The van der Waals surface area contributed by atoms with E-state index in [1.807, 2.05) is 6.92 Å². The van der Waals surface area contributed by atoms with Crippen LogP contribution in [0.3, 0.4) is 0 Å². The highest BCUT2D eigenvalue weighted by molar-refractivity contribution is 5.76. The van der Waals surface area contributed by atoms with Gasteiger partial charge in [-0.25, -0.2) is 4.68 Å². The van der Waals surface area contributed by atoms with Gasteiger partial charge in [-0.3, -0.25) is 4.79 Å². The van der Waals surface area contributed by atoms with E-state index in [0.29, 0.717) is 0 Å². The lowest BCUT2D eigenvalue weighted by Gasteiger charge is -2.11. The van der Waals surface area contributed by atoms with E-state index in [0.717, 1.165) is 16.4 Å². The van der Waals surface area contributed by atoms with E-state index in [-0.39, 0.29) is 12.0 Å². The van der Waals surface area contributed by atoms with E-state index < -0.39 is 17.4 Å². The number of aromatic nitrogens is 2. The van der Waals surface area contributed by atoms with Crippen molar-refractivity contribution >= 4 is 6.29 Å². The third-order valence-corrected chi connectivity index (χ3v) is 2.47. The molecule has 1 heterocycles. The predicted octanol–water partition coefficient (Wildman–Crippen LogP) is 3.01. The molecule has 0 unspecified atom stereocenters. The first-order chi connectivity index (χ1) is 8.43. The summed E-state index contributed by atoms with van der Waals surface area (Å²) < 4.78 is 39.3. The molecular formula is C12H9F3N2O. The van der Waals surface area contributed by atoms with Crippen molar-refractivity contribution in [1.29, 1.82) is 0 Å². The molecule has 6 heteroatoms. The van der Waals surface area contributed by atoms with E-state index in [2.05, 4.69) is 5.10 Å². The zero-order chi connectivity index (χ0) is 13.3. The maximum absolute atomic E-state index is 12.9. The number of hydrogen-bond donors (Lipinski definition) is 0. The monoisotopic (exact) mass is 254 g/mol. The largest absolute Gasteiger partial charge is 0.434 e. The molecule has 0 amide bonds. The normalized spacial score (nSPS) is 11.6. The van der Waals surface area contributed by atoms with Crippen LogP contribution in [0.5, 0.6) is 0 Å². The molecule has 0 radical (unpaired) electrons. The summed E-state index contributed by atoms with van der Waals surface area (Å²) >= 11 is 0. The molecule has 0 aliphatic rings. The number of aryl methyl sites for hydroxylation is 1. The number of carbonyl (C=O) groups excluding carboxylic acids is 1. The van der Waals surface area contributed by atoms with Gasteiger partial charge in [0.1, 0.15) is 0 Å². The van der Waals surface area contributed by atoms with E-state index in [4.69, 9.17) is 0 Å². The van der Waals surface area contributed by atoms with Crippen LogP contribution in [0.2, 0.25) is 0 Å². The molecule has 2 rings (SSSR count). The molecule has 0 aliphatic heterocycles. The summed E-state index contributed by atoms with van der Waals surface area (Å²) in [4.78, 5) is 10.6. The average molecular weight is 254 g/mol. The second-order valence-electron chi connectivity index (χ2n) is 3.81. The van der Waals surface area contributed by atoms with Gasteiger partial charge in [0.05, 0.1) is 17.4 Å². The molecule has 3 nitrogen and oxygen atoms in total. The summed E-state index contributed by atoms with van der Waals surface area (Å²) in [7, 11) is 0. The molecule has 0 bridgehead atoms. The number of halogens is 3. The Hall–Kier alpha value is -2.11. The number of hydrogen-bond acceptors (Lipinski definition) is 2. The molecule has 0 N–H and O–H groups in total. The molecular weight excluding hydrogens is 245 g/mol. The molecule has 1 aromatic carbocycles. The summed E-state index contributed by atoms with van der Waals surface area (Å²) in [6.07, 6.45) is -3.56. The van der Waals surface area contributed by atoms with Gasteiger partial charge in [0, 0.05) is 0 Å². The number of alkyl halides is 3. The van der Waals surface area contributed by atoms with E-state index in [1.54, 1.807) is 12.1 Å². The Bertz CT molecular complexity index is 570. The van der Waals surface area contributed by atoms with Crippen molar-refractivity contribution in [3.63, 3.8) is 0 Å². The third kappa shape index (κ3) is 2.13. The minimum absolute atomic E-state index is 0.153. The Kier molecular flexibility index (Phi) is 2.94. The number of aldehydes is 1. The van der Waals surface area contributed by atoms with Crippen LogP contribution in [0, 0.1) is 6.92 Å². The van der Waals surface area contributed by atoms with Crippen molar-refractivity contribution in [2.75, 3.05) is 0 Å². The number of benzene rings is 1. The van der Waals surface area contributed by atoms with Crippen LogP contribution in [0.25, 0.3) is 5.69 Å². The van der Waals surface area contributed by atoms with Crippen LogP contribution in [0.15, 0.2) is 30.5 Å². The van der Waals surface area contributed by atoms with Crippen LogP contribution in [-0.2, 0) is 6.18 Å². The second-order valence-corrected chi connectivity index (χ2v) is 3.81. The quantitative estimate of drug-likeness (QED) is 0.772. The molecule has 0 saturated carbocycles. The van der Waals surface area contributed by atoms with Gasteiger partial charge >= 0.3 is 6.18 Å². The van der Waals surface area contributed by atoms with Gasteiger partial charge in [0.2, 0.25) is 0 Å². The van der Waals surface area contributed by atoms with Gasteiger partial charge in [-0.05, 0) is 19.1 Å².